The van der Waals surface area contributed by atoms with Crippen LogP contribution in [0.5, 0.6) is 0 Å². The smallest absolute Gasteiger partial charge is 0.240 e. The first-order valence-corrected chi connectivity index (χ1v) is 9.17. The first-order valence-electron chi connectivity index (χ1n) is 7.48. The highest BCUT2D eigenvalue weighted by Gasteiger charge is 2.12. The summed E-state index contributed by atoms with van der Waals surface area (Å²) in [6.07, 6.45) is 1.93. The average Bonchev–Trinajstić information content (AvgIpc) is 3.07. The molecule has 2 aromatic heterocycles. The molecule has 0 bridgehead atoms. The SMILES string of the molecule is CC(C)c1cnc(NC(=O)Cc2csc(NC(=O)CN(C)C)n2)s1. The van der Waals surface area contributed by atoms with Crippen molar-refractivity contribution in [1.82, 2.24) is 14.9 Å². The number of carbonyl (C=O) groups is 2. The Labute approximate surface area is 149 Å². The Morgan fingerprint density at radius 3 is 2.54 bits per heavy atom. The topological polar surface area (TPSA) is 87.2 Å². The Hall–Kier alpha value is -1.84. The molecule has 0 aromatic carbocycles. The third-order valence-corrected chi connectivity index (χ3v) is 4.96. The van der Waals surface area contributed by atoms with E-state index in [9.17, 15) is 9.59 Å². The summed E-state index contributed by atoms with van der Waals surface area (Å²) in [6.45, 7) is 4.46. The number of rotatable bonds is 7. The van der Waals surface area contributed by atoms with Crippen molar-refractivity contribution in [3.8, 4) is 0 Å². The molecule has 0 aliphatic rings. The van der Waals surface area contributed by atoms with Crippen LogP contribution in [0.4, 0.5) is 10.3 Å². The number of amides is 2. The van der Waals surface area contributed by atoms with Crippen LogP contribution in [0.1, 0.15) is 30.3 Å². The molecule has 0 saturated carbocycles. The van der Waals surface area contributed by atoms with Crippen LogP contribution >= 0.6 is 22.7 Å². The van der Waals surface area contributed by atoms with E-state index in [4.69, 9.17) is 0 Å². The van der Waals surface area contributed by atoms with Gasteiger partial charge in [-0.1, -0.05) is 13.8 Å². The monoisotopic (exact) mass is 367 g/mol. The predicted molar refractivity (Wildman–Crippen MR) is 97.8 cm³/mol. The lowest BCUT2D eigenvalue weighted by atomic mass is 10.2. The van der Waals surface area contributed by atoms with E-state index in [2.05, 4.69) is 34.4 Å². The molecule has 0 saturated heterocycles. The molecular weight excluding hydrogens is 346 g/mol. The molecule has 2 amide bonds. The maximum absolute atomic E-state index is 12.1. The molecular formula is C15H21N5O2S2. The van der Waals surface area contributed by atoms with E-state index < -0.39 is 0 Å². The van der Waals surface area contributed by atoms with Crippen molar-refractivity contribution in [3.05, 3.63) is 22.1 Å². The van der Waals surface area contributed by atoms with Crippen LogP contribution in [0.2, 0.25) is 0 Å². The van der Waals surface area contributed by atoms with E-state index in [1.807, 2.05) is 14.1 Å². The van der Waals surface area contributed by atoms with Crippen LogP contribution in [0.3, 0.4) is 0 Å². The van der Waals surface area contributed by atoms with Crippen LogP contribution in [0, 0.1) is 0 Å². The normalized spacial score (nSPS) is 11.1. The van der Waals surface area contributed by atoms with E-state index in [1.165, 1.54) is 22.7 Å². The molecule has 7 nitrogen and oxygen atoms in total. The van der Waals surface area contributed by atoms with Crippen molar-refractivity contribution >= 4 is 44.8 Å². The minimum absolute atomic E-state index is 0.130. The van der Waals surface area contributed by atoms with Crippen LogP contribution in [-0.4, -0.2) is 47.3 Å². The maximum atomic E-state index is 12.1. The van der Waals surface area contributed by atoms with Gasteiger partial charge in [-0.15, -0.1) is 22.7 Å². The van der Waals surface area contributed by atoms with Gasteiger partial charge in [0.15, 0.2) is 10.3 Å². The summed E-state index contributed by atoms with van der Waals surface area (Å²) in [5.74, 6) is 0.0884. The van der Waals surface area contributed by atoms with Gasteiger partial charge in [0.2, 0.25) is 11.8 Å². The van der Waals surface area contributed by atoms with Gasteiger partial charge in [-0.25, -0.2) is 9.97 Å². The minimum Gasteiger partial charge on any atom is -0.302 e. The Morgan fingerprint density at radius 1 is 1.21 bits per heavy atom. The van der Waals surface area contributed by atoms with E-state index in [0.717, 1.165) is 4.88 Å². The van der Waals surface area contributed by atoms with Crippen LogP contribution < -0.4 is 10.6 Å². The van der Waals surface area contributed by atoms with Gasteiger partial charge >= 0.3 is 0 Å². The Balaban J connectivity index is 1.86. The molecule has 9 heteroatoms. The average molecular weight is 368 g/mol. The number of aromatic nitrogens is 2. The maximum Gasteiger partial charge on any atom is 0.240 e. The van der Waals surface area contributed by atoms with Crippen molar-refractivity contribution in [2.45, 2.75) is 26.2 Å². The number of carbonyl (C=O) groups excluding carboxylic acids is 2. The second kappa shape index (κ2) is 8.32. The zero-order valence-electron chi connectivity index (χ0n) is 14.1. The standard InChI is InChI=1S/C15H21N5O2S2/c1-9(2)11-6-16-14(24-11)18-12(21)5-10-8-23-15(17-10)19-13(22)7-20(3)4/h6,8-9H,5,7H2,1-4H3,(H,16,18,21)(H,17,19,22). The quantitative estimate of drug-likeness (QED) is 0.785. The van der Waals surface area contributed by atoms with E-state index in [-0.39, 0.29) is 24.8 Å². The van der Waals surface area contributed by atoms with Crippen molar-refractivity contribution in [3.63, 3.8) is 0 Å². The highest BCUT2D eigenvalue weighted by molar-refractivity contribution is 7.15. The molecule has 0 fully saturated rings. The summed E-state index contributed by atoms with van der Waals surface area (Å²) >= 11 is 2.78. The lowest BCUT2D eigenvalue weighted by Gasteiger charge is -2.07. The Kier molecular flexibility index (Phi) is 6.41. The Bertz CT molecular complexity index is 708. The lowest BCUT2D eigenvalue weighted by Crippen LogP contribution is -2.27. The van der Waals surface area contributed by atoms with Gasteiger partial charge < -0.3 is 15.5 Å². The van der Waals surface area contributed by atoms with Crippen LogP contribution in [-0.2, 0) is 16.0 Å². The molecule has 0 spiro atoms. The molecule has 2 N–H and O–H groups in total. The summed E-state index contributed by atoms with van der Waals surface area (Å²) in [6, 6.07) is 0. The van der Waals surface area contributed by atoms with Crippen molar-refractivity contribution in [2.75, 3.05) is 31.3 Å². The fourth-order valence-electron chi connectivity index (χ4n) is 1.83. The first-order chi connectivity index (χ1) is 11.3. The second-order valence-electron chi connectivity index (χ2n) is 5.88. The van der Waals surface area contributed by atoms with E-state index >= 15 is 0 Å². The number of thiazole rings is 2. The number of nitrogens with one attached hydrogen (secondary N) is 2. The molecule has 0 aliphatic heterocycles. The summed E-state index contributed by atoms with van der Waals surface area (Å²) < 4.78 is 0. The van der Waals surface area contributed by atoms with Crippen LogP contribution in [0.15, 0.2) is 11.6 Å². The second-order valence-corrected chi connectivity index (χ2v) is 7.80. The molecule has 0 aliphatic carbocycles. The Morgan fingerprint density at radius 2 is 1.92 bits per heavy atom. The molecule has 0 atom stereocenters. The molecule has 2 aromatic rings. The highest BCUT2D eigenvalue weighted by Crippen LogP contribution is 2.25. The fourth-order valence-corrected chi connectivity index (χ4v) is 3.39. The number of likely N-dealkylation sites (N-methyl/N-ethyl adjacent to an activating group) is 1. The number of hydrogen-bond acceptors (Lipinski definition) is 7. The van der Waals surface area contributed by atoms with Crippen LogP contribution in [0.25, 0.3) is 0 Å². The lowest BCUT2D eigenvalue weighted by molar-refractivity contribution is -0.117. The van der Waals surface area contributed by atoms with Gasteiger partial charge in [0.05, 0.1) is 18.7 Å². The number of nitrogens with zero attached hydrogens (tertiary/aromatic N) is 3. The minimum atomic E-state index is -0.170. The zero-order valence-corrected chi connectivity index (χ0v) is 15.8. The molecule has 0 radical (unpaired) electrons. The molecule has 2 heterocycles. The summed E-state index contributed by atoms with van der Waals surface area (Å²) in [4.78, 5) is 35.1. The number of anilines is 2. The van der Waals surface area contributed by atoms with Gasteiger partial charge in [0.25, 0.3) is 0 Å². The van der Waals surface area contributed by atoms with E-state index in [1.54, 1.807) is 16.5 Å². The number of hydrogen-bond donors (Lipinski definition) is 2. The van der Waals surface area contributed by atoms with Crippen molar-refractivity contribution < 1.29 is 9.59 Å². The molecule has 0 unspecified atom stereocenters. The largest absolute Gasteiger partial charge is 0.302 e. The van der Waals surface area contributed by atoms with Crippen molar-refractivity contribution in [2.24, 2.45) is 0 Å². The summed E-state index contributed by atoms with van der Waals surface area (Å²) in [5.41, 5.74) is 0.623. The van der Waals surface area contributed by atoms with Gasteiger partial charge in [0, 0.05) is 16.5 Å². The van der Waals surface area contributed by atoms with Gasteiger partial charge in [0.1, 0.15) is 0 Å². The van der Waals surface area contributed by atoms with Crippen molar-refractivity contribution in [1.29, 1.82) is 0 Å². The van der Waals surface area contributed by atoms with E-state index in [0.29, 0.717) is 21.9 Å². The highest BCUT2D eigenvalue weighted by atomic mass is 32.1. The van der Waals surface area contributed by atoms with Gasteiger partial charge in [-0.2, -0.15) is 0 Å². The molecule has 130 valence electrons. The molecule has 24 heavy (non-hydrogen) atoms. The third kappa shape index (κ3) is 5.66. The predicted octanol–water partition coefficient (Wildman–Crippen LogP) is 2.40. The summed E-state index contributed by atoms with van der Waals surface area (Å²) in [5, 5.41) is 8.36. The summed E-state index contributed by atoms with van der Waals surface area (Å²) in [7, 11) is 3.64. The fraction of sp³-hybridized carbons (Fsp3) is 0.467. The van der Waals surface area contributed by atoms with Gasteiger partial charge in [-0.05, 0) is 20.0 Å². The third-order valence-electron chi connectivity index (χ3n) is 2.94. The zero-order chi connectivity index (χ0) is 17.7. The molecule has 2 rings (SSSR count). The first kappa shape index (κ1) is 18.5. The van der Waals surface area contributed by atoms with Gasteiger partial charge in [-0.3, -0.25) is 9.59 Å².